The van der Waals surface area contributed by atoms with Gasteiger partial charge in [-0.1, -0.05) is 0 Å². The summed E-state index contributed by atoms with van der Waals surface area (Å²) in [6, 6.07) is 0. The lowest BCUT2D eigenvalue weighted by Crippen LogP contribution is -2.39. The van der Waals surface area contributed by atoms with Crippen molar-refractivity contribution in [1.29, 1.82) is 0 Å². The van der Waals surface area contributed by atoms with Crippen molar-refractivity contribution in [2.45, 2.75) is 38.0 Å². The fourth-order valence-corrected chi connectivity index (χ4v) is 0.656. The van der Waals surface area contributed by atoms with Crippen molar-refractivity contribution in [2.75, 3.05) is 0 Å². The normalized spacial score (nSPS) is 30.7. The number of epoxide rings is 1. The van der Waals surface area contributed by atoms with Crippen LogP contribution in [0.2, 0.25) is 0 Å². The number of rotatable bonds is 4. The topological polar surface area (TPSA) is 21.8 Å². The Kier molecular flexibility index (Phi) is 2.76. The van der Waals surface area contributed by atoms with E-state index in [1.807, 2.05) is 0 Å². The van der Waals surface area contributed by atoms with E-state index < -0.39 is 31.1 Å². The molecule has 78 valence electrons. The van der Waals surface area contributed by atoms with Crippen LogP contribution in [0.15, 0.2) is 0 Å². The summed E-state index contributed by atoms with van der Waals surface area (Å²) in [5.74, 6) is 0. The van der Waals surface area contributed by atoms with Gasteiger partial charge in [-0.2, -0.15) is 8.78 Å². The Hall–Kier alpha value is -0.430. The van der Waals surface area contributed by atoms with Gasteiger partial charge in [0.15, 0.2) is 6.29 Å². The van der Waals surface area contributed by atoms with Gasteiger partial charge in [-0.05, 0) is 6.92 Å². The van der Waals surface area contributed by atoms with Crippen molar-refractivity contribution in [2.24, 2.45) is 0 Å². The largest absolute Gasteiger partial charge is 0.394 e. The fourth-order valence-electron chi connectivity index (χ4n) is 0.656. The minimum Gasteiger partial charge on any atom is -0.341 e. The van der Waals surface area contributed by atoms with Crippen LogP contribution in [0.1, 0.15) is 6.92 Å². The van der Waals surface area contributed by atoms with Crippen LogP contribution < -0.4 is 0 Å². The summed E-state index contributed by atoms with van der Waals surface area (Å²) in [4.78, 5) is 0. The van der Waals surface area contributed by atoms with Gasteiger partial charge in [-0.25, -0.2) is 13.2 Å². The first-order valence-electron chi connectivity index (χ1n) is 3.48. The SMILES string of the molecule is CC1OC1OC(F)(F)C(F)C(F)F. The van der Waals surface area contributed by atoms with Crippen LogP contribution in [0.4, 0.5) is 22.0 Å². The smallest absolute Gasteiger partial charge is 0.341 e. The van der Waals surface area contributed by atoms with E-state index >= 15 is 0 Å². The zero-order valence-corrected chi connectivity index (χ0v) is 6.52. The minimum atomic E-state index is -4.50. The van der Waals surface area contributed by atoms with Crippen molar-refractivity contribution in [3.8, 4) is 0 Å². The van der Waals surface area contributed by atoms with Gasteiger partial charge in [-0.15, -0.1) is 0 Å². The predicted octanol–water partition coefficient (Wildman–Crippen LogP) is 1.94. The Bertz CT molecular complexity index is 186. The highest BCUT2D eigenvalue weighted by Gasteiger charge is 2.53. The van der Waals surface area contributed by atoms with Crippen molar-refractivity contribution >= 4 is 0 Å². The molecule has 0 radical (unpaired) electrons. The Balaban J connectivity index is 2.44. The Morgan fingerprint density at radius 3 is 2.08 bits per heavy atom. The average Bonchev–Trinajstić information content (AvgIpc) is 2.63. The molecule has 1 saturated heterocycles. The van der Waals surface area contributed by atoms with Gasteiger partial charge in [0.05, 0.1) is 0 Å². The number of hydrogen-bond donors (Lipinski definition) is 0. The molecule has 0 N–H and O–H groups in total. The van der Waals surface area contributed by atoms with E-state index in [1.54, 1.807) is 0 Å². The summed E-state index contributed by atoms with van der Waals surface area (Å²) in [5, 5.41) is 0. The van der Waals surface area contributed by atoms with Crippen molar-refractivity contribution < 1.29 is 31.4 Å². The molecule has 3 atom stereocenters. The Labute approximate surface area is 70.6 Å². The summed E-state index contributed by atoms with van der Waals surface area (Å²) < 4.78 is 68.0. The molecule has 13 heavy (non-hydrogen) atoms. The lowest BCUT2D eigenvalue weighted by atomic mass is 10.4. The zero-order valence-electron chi connectivity index (χ0n) is 6.52. The van der Waals surface area contributed by atoms with Crippen LogP contribution >= 0.6 is 0 Å². The van der Waals surface area contributed by atoms with Gasteiger partial charge in [0.1, 0.15) is 6.10 Å². The standard InChI is InChI=1S/C6H7F5O2/c1-2-5(12-2)13-6(10,11)3(7)4(8)9/h2-5H,1H3. The second kappa shape index (κ2) is 3.38. The third-order valence-electron chi connectivity index (χ3n) is 1.47. The molecule has 7 heteroatoms. The van der Waals surface area contributed by atoms with Gasteiger partial charge in [0, 0.05) is 0 Å². The summed E-state index contributed by atoms with van der Waals surface area (Å²) in [6.07, 6.45) is -13.8. The highest BCUT2D eigenvalue weighted by molar-refractivity contribution is 4.77. The monoisotopic (exact) mass is 206 g/mol. The van der Waals surface area contributed by atoms with Crippen LogP contribution in [-0.4, -0.2) is 31.1 Å². The molecule has 0 spiro atoms. The maximum absolute atomic E-state index is 12.4. The van der Waals surface area contributed by atoms with E-state index in [9.17, 15) is 22.0 Å². The first-order chi connectivity index (χ1) is 5.84. The Morgan fingerprint density at radius 2 is 1.77 bits per heavy atom. The van der Waals surface area contributed by atoms with Gasteiger partial charge >= 0.3 is 6.11 Å². The lowest BCUT2D eigenvalue weighted by Gasteiger charge is -2.18. The summed E-state index contributed by atoms with van der Waals surface area (Å²) in [7, 11) is 0. The summed E-state index contributed by atoms with van der Waals surface area (Å²) in [5.41, 5.74) is 0. The van der Waals surface area contributed by atoms with Crippen molar-refractivity contribution in [1.82, 2.24) is 0 Å². The van der Waals surface area contributed by atoms with Crippen molar-refractivity contribution in [3.63, 3.8) is 0 Å². The molecule has 1 heterocycles. The molecule has 1 aliphatic heterocycles. The van der Waals surface area contributed by atoms with E-state index in [4.69, 9.17) is 0 Å². The second-order valence-electron chi connectivity index (χ2n) is 2.63. The van der Waals surface area contributed by atoms with E-state index in [2.05, 4.69) is 9.47 Å². The zero-order chi connectivity index (χ0) is 10.2. The first kappa shape index (κ1) is 10.6. The van der Waals surface area contributed by atoms with Crippen molar-refractivity contribution in [3.05, 3.63) is 0 Å². The third-order valence-corrected chi connectivity index (χ3v) is 1.47. The van der Waals surface area contributed by atoms with E-state index in [-0.39, 0.29) is 0 Å². The molecule has 2 nitrogen and oxygen atoms in total. The molecule has 0 bridgehead atoms. The van der Waals surface area contributed by atoms with Crippen LogP contribution in [0.5, 0.6) is 0 Å². The molecule has 0 aromatic heterocycles. The number of alkyl halides is 5. The number of hydrogen-bond acceptors (Lipinski definition) is 2. The molecule has 0 saturated carbocycles. The molecule has 1 fully saturated rings. The van der Waals surface area contributed by atoms with Crippen LogP contribution in [0, 0.1) is 0 Å². The predicted molar refractivity (Wildman–Crippen MR) is 31.3 cm³/mol. The second-order valence-corrected chi connectivity index (χ2v) is 2.63. The van der Waals surface area contributed by atoms with Crippen LogP contribution in [0.3, 0.4) is 0 Å². The lowest BCUT2D eigenvalue weighted by molar-refractivity contribution is -0.307. The van der Waals surface area contributed by atoms with Crippen LogP contribution in [-0.2, 0) is 9.47 Å². The first-order valence-corrected chi connectivity index (χ1v) is 3.48. The molecule has 1 rings (SSSR count). The summed E-state index contributed by atoms with van der Waals surface area (Å²) in [6.45, 7) is 1.40. The average molecular weight is 206 g/mol. The van der Waals surface area contributed by atoms with Gasteiger partial charge in [0.25, 0.3) is 12.6 Å². The Morgan fingerprint density at radius 1 is 1.31 bits per heavy atom. The summed E-state index contributed by atoms with van der Waals surface area (Å²) >= 11 is 0. The fraction of sp³-hybridized carbons (Fsp3) is 1.00. The number of halogens is 5. The highest BCUT2D eigenvalue weighted by atomic mass is 19.3. The molecular formula is C6H7F5O2. The molecule has 0 aliphatic carbocycles. The quantitative estimate of drug-likeness (QED) is 0.518. The van der Waals surface area contributed by atoms with E-state index in [0.29, 0.717) is 0 Å². The maximum atomic E-state index is 12.4. The molecule has 3 unspecified atom stereocenters. The molecule has 1 aliphatic rings. The molecule has 0 aromatic carbocycles. The van der Waals surface area contributed by atoms with Gasteiger partial charge < -0.3 is 4.74 Å². The molecular weight excluding hydrogens is 199 g/mol. The maximum Gasteiger partial charge on any atom is 0.394 e. The van der Waals surface area contributed by atoms with E-state index in [1.165, 1.54) is 6.92 Å². The molecule has 0 amide bonds. The number of ether oxygens (including phenoxy) is 2. The van der Waals surface area contributed by atoms with E-state index in [0.717, 1.165) is 0 Å². The molecule has 0 aromatic rings. The highest BCUT2D eigenvalue weighted by Crippen LogP contribution is 2.34. The van der Waals surface area contributed by atoms with Gasteiger partial charge in [-0.3, -0.25) is 4.74 Å². The minimum absolute atomic E-state index is 0.601. The third kappa shape index (κ3) is 2.50. The van der Waals surface area contributed by atoms with Gasteiger partial charge in [0.2, 0.25) is 0 Å². The van der Waals surface area contributed by atoms with Crippen LogP contribution in [0.25, 0.3) is 0 Å².